The molecule has 248 valence electrons. The lowest BCUT2D eigenvalue weighted by molar-refractivity contribution is -0.141. The zero-order valence-corrected chi connectivity index (χ0v) is 27.1. The van der Waals surface area contributed by atoms with Crippen molar-refractivity contribution in [1.82, 2.24) is 20.6 Å². The number of carbonyl (C=O) groups excluding carboxylic acids is 5. The first-order valence-corrected chi connectivity index (χ1v) is 15.6. The molecule has 1 heterocycles. The number of Topliss-reactive ketones (excluding diaryl/α,β-unsaturated/α-hetero) is 1. The summed E-state index contributed by atoms with van der Waals surface area (Å²) < 4.78 is 5.76. The monoisotopic (exact) mass is 642 g/mol. The molecule has 3 N–H and O–H groups in total. The van der Waals surface area contributed by atoms with Crippen LogP contribution in [-0.2, 0) is 16.0 Å². The van der Waals surface area contributed by atoms with Crippen molar-refractivity contribution < 1.29 is 33.9 Å². The third-order valence-electron chi connectivity index (χ3n) is 8.11. The van der Waals surface area contributed by atoms with E-state index in [4.69, 9.17) is 4.74 Å². The third kappa shape index (κ3) is 8.90. The quantitative estimate of drug-likeness (QED) is 0.0930. The largest absolute Gasteiger partial charge is 0.492 e. The average molecular weight is 643 g/mol. The fourth-order valence-electron chi connectivity index (χ4n) is 5.64. The van der Waals surface area contributed by atoms with Crippen molar-refractivity contribution in [2.45, 2.75) is 32.7 Å². The fourth-order valence-corrected chi connectivity index (χ4v) is 5.64. The van der Waals surface area contributed by atoms with E-state index in [9.17, 15) is 29.2 Å². The van der Waals surface area contributed by atoms with Crippen LogP contribution in [0.5, 0.6) is 5.75 Å². The lowest BCUT2D eigenvalue weighted by atomic mass is 9.83. The zero-order chi connectivity index (χ0) is 34.1. The third-order valence-corrected chi connectivity index (χ3v) is 8.11. The van der Waals surface area contributed by atoms with Crippen LogP contribution in [0.3, 0.4) is 0 Å². The van der Waals surface area contributed by atoms with Gasteiger partial charge in [-0.05, 0) is 68.4 Å². The van der Waals surface area contributed by atoms with Crippen LogP contribution in [0.25, 0.3) is 0 Å². The zero-order valence-electron chi connectivity index (χ0n) is 27.1. The number of fused-ring (bicyclic) bond motifs is 1. The van der Waals surface area contributed by atoms with Gasteiger partial charge < -0.3 is 15.0 Å². The van der Waals surface area contributed by atoms with Gasteiger partial charge in [-0.25, -0.2) is 5.48 Å². The van der Waals surface area contributed by atoms with Gasteiger partial charge in [-0.3, -0.25) is 34.1 Å². The standard InChI is InChI=1S/C36H42N4O7/c1-23(2)20-29(30(34(43)38-46)22-40-35(44)27-12-8-9-13-28(27)36(40)45)33(42)37-31(21-24-10-6-5-7-11-24)32(41)25-14-16-26(17-15-25)47-19-18-39(3)4/h5-17,23,29-31,46H,18-22H2,1-4H3,(H,37,42)(H,38,43)/t29-,30?,31+/m1/s1. The Morgan fingerprint density at radius 2 is 1.43 bits per heavy atom. The Morgan fingerprint density at radius 3 is 1.98 bits per heavy atom. The first-order chi connectivity index (χ1) is 22.5. The molecular weight excluding hydrogens is 600 g/mol. The van der Waals surface area contributed by atoms with Gasteiger partial charge in [0.1, 0.15) is 12.4 Å². The smallest absolute Gasteiger partial charge is 0.261 e. The Labute approximate surface area is 274 Å². The van der Waals surface area contributed by atoms with E-state index in [1.54, 1.807) is 41.9 Å². The molecule has 1 unspecified atom stereocenters. The second kappa shape index (κ2) is 16.1. The Morgan fingerprint density at radius 1 is 0.830 bits per heavy atom. The molecule has 4 amide bonds. The van der Waals surface area contributed by atoms with Crippen molar-refractivity contribution >= 4 is 29.4 Å². The molecule has 11 nitrogen and oxygen atoms in total. The summed E-state index contributed by atoms with van der Waals surface area (Å²) in [5, 5.41) is 12.6. The second-order valence-electron chi connectivity index (χ2n) is 12.4. The van der Waals surface area contributed by atoms with Gasteiger partial charge >= 0.3 is 0 Å². The molecule has 0 fully saturated rings. The SMILES string of the molecule is CC(C)C[C@@H](C(=O)N[C@@H](Cc1ccccc1)C(=O)c1ccc(OCCN(C)C)cc1)C(CN1C(=O)c2ccccc2C1=O)C(=O)NO. The van der Waals surface area contributed by atoms with Crippen LogP contribution < -0.4 is 15.5 Å². The maximum Gasteiger partial charge on any atom is 0.261 e. The number of rotatable bonds is 16. The highest BCUT2D eigenvalue weighted by Crippen LogP contribution is 2.28. The number of amides is 4. The summed E-state index contributed by atoms with van der Waals surface area (Å²) in [5.74, 6) is -4.91. The molecule has 1 aliphatic heterocycles. The summed E-state index contributed by atoms with van der Waals surface area (Å²) in [6, 6.07) is 21.2. The van der Waals surface area contributed by atoms with Gasteiger partial charge in [0.25, 0.3) is 11.8 Å². The van der Waals surface area contributed by atoms with E-state index < -0.39 is 48.1 Å². The van der Waals surface area contributed by atoms with Crippen LogP contribution in [0.15, 0.2) is 78.9 Å². The molecule has 0 spiro atoms. The number of carbonyl (C=O) groups is 5. The minimum atomic E-state index is -1.30. The van der Waals surface area contributed by atoms with Crippen LogP contribution in [0.2, 0.25) is 0 Å². The number of ketones is 1. The van der Waals surface area contributed by atoms with Crippen LogP contribution in [0.1, 0.15) is 56.9 Å². The fraction of sp³-hybridized carbons (Fsp3) is 0.361. The minimum Gasteiger partial charge on any atom is -0.492 e. The number of nitrogens with one attached hydrogen (secondary N) is 2. The molecule has 0 bridgehead atoms. The van der Waals surface area contributed by atoms with Gasteiger partial charge in [0.2, 0.25) is 11.8 Å². The normalized spacial score (nSPS) is 14.5. The highest BCUT2D eigenvalue weighted by molar-refractivity contribution is 6.21. The molecule has 0 saturated heterocycles. The summed E-state index contributed by atoms with van der Waals surface area (Å²) in [5.41, 5.74) is 3.19. The van der Waals surface area contributed by atoms with Crippen LogP contribution >= 0.6 is 0 Å². The number of hydrogen-bond donors (Lipinski definition) is 3. The molecule has 3 aromatic rings. The number of likely N-dealkylation sites (N-methyl/N-ethyl adjacent to an activating group) is 1. The maximum absolute atomic E-state index is 14.1. The van der Waals surface area contributed by atoms with Gasteiger partial charge in [-0.2, -0.15) is 0 Å². The van der Waals surface area contributed by atoms with Crippen LogP contribution in [0, 0.1) is 17.8 Å². The Bertz CT molecular complexity index is 1540. The van der Waals surface area contributed by atoms with Crippen LogP contribution in [-0.4, -0.2) is 84.3 Å². The predicted molar refractivity (Wildman–Crippen MR) is 175 cm³/mol. The highest BCUT2D eigenvalue weighted by atomic mass is 16.5. The van der Waals surface area contributed by atoms with Crippen molar-refractivity contribution in [2.24, 2.45) is 17.8 Å². The van der Waals surface area contributed by atoms with E-state index in [1.807, 2.05) is 63.2 Å². The highest BCUT2D eigenvalue weighted by Gasteiger charge is 2.42. The van der Waals surface area contributed by atoms with Crippen molar-refractivity contribution in [3.63, 3.8) is 0 Å². The topological polar surface area (TPSA) is 145 Å². The van der Waals surface area contributed by atoms with Gasteiger partial charge in [-0.15, -0.1) is 0 Å². The summed E-state index contributed by atoms with van der Waals surface area (Å²) in [4.78, 5) is 70.4. The number of ether oxygens (including phenoxy) is 1. The summed E-state index contributed by atoms with van der Waals surface area (Å²) >= 11 is 0. The molecule has 0 aliphatic carbocycles. The molecule has 0 aromatic heterocycles. The summed E-state index contributed by atoms with van der Waals surface area (Å²) in [7, 11) is 3.89. The number of nitrogens with zero attached hydrogens (tertiary/aromatic N) is 2. The Balaban J connectivity index is 1.60. The molecule has 47 heavy (non-hydrogen) atoms. The van der Waals surface area contributed by atoms with E-state index in [0.29, 0.717) is 17.9 Å². The van der Waals surface area contributed by atoms with E-state index in [1.165, 1.54) is 12.1 Å². The average Bonchev–Trinajstić information content (AvgIpc) is 3.30. The van der Waals surface area contributed by atoms with E-state index in [0.717, 1.165) is 17.0 Å². The van der Waals surface area contributed by atoms with Gasteiger partial charge in [0, 0.05) is 25.1 Å². The van der Waals surface area contributed by atoms with Gasteiger partial charge in [0.15, 0.2) is 5.78 Å². The molecule has 0 saturated carbocycles. The number of benzene rings is 3. The molecule has 11 heteroatoms. The van der Waals surface area contributed by atoms with Crippen molar-refractivity contribution in [2.75, 3.05) is 33.8 Å². The first-order valence-electron chi connectivity index (χ1n) is 15.6. The number of imide groups is 1. The predicted octanol–water partition coefficient (Wildman–Crippen LogP) is 3.62. The van der Waals surface area contributed by atoms with Crippen molar-refractivity contribution in [3.05, 3.63) is 101 Å². The Kier molecular flexibility index (Phi) is 12.0. The molecule has 1 aliphatic rings. The molecule has 0 radical (unpaired) electrons. The van der Waals surface area contributed by atoms with Gasteiger partial charge in [-0.1, -0.05) is 56.3 Å². The molecular formula is C36H42N4O7. The van der Waals surface area contributed by atoms with Crippen LogP contribution in [0.4, 0.5) is 0 Å². The lowest BCUT2D eigenvalue weighted by Crippen LogP contribution is -2.51. The second-order valence-corrected chi connectivity index (χ2v) is 12.4. The van der Waals surface area contributed by atoms with Crippen molar-refractivity contribution in [1.29, 1.82) is 0 Å². The van der Waals surface area contributed by atoms with E-state index in [2.05, 4.69) is 5.32 Å². The Hall–Kier alpha value is -4.87. The van der Waals surface area contributed by atoms with E-state index >= 15 is 0 Å². The number of hydrogen-bond acceptors (Lipinski definition) is 8. The van der Waals surface area contributed by atoms with Crippen molar-refractivity contribution in [3.8, 4) is 5.75 Å². The lowest BCUT2D eigenvalue weighted by Gasteiger charge is -2.30. The molecule has 4 rings (SSSR count). The maximum atomic E-state index is 14.1. The number of hydroxylamine groups is 1. The first kappa shape index (κ1) is 35.0. The van der Waals surface area contributed by atoms with E-state index in [-0.39, 0.29) is 35.7 Å². The minimum absolute atomic E-state index is 0.0924. The molecule has 3 atom stereocenters. The van der Waals surface area contributed by atoms with Gasteiger partial charge in [0.05, 0.1) is 29.0 Å². The molecule has 3 aromatic carbocycles. The summed E-state index contributed by atoms with van der Waals surface area (Å²) in [6.07, 6.45) is 0.356. The summed E-state index contributed by atoms with van der Waals surface area (Å²) in [6.45, 7) is 4.51.